The summed E-state index contributed by atoms with van der Waals surface area (Å²) in [5.74, 6) is -0.983. The highest BCUT2D eigenvalue weighted by Gasteiger charge is 2.30. The molecular weight excluding hydrogens is 579 g/mol. The summed E-state index contributed by atoms with van der Waals surface area (Å²) in [6.45, 7) is 10.6. The first kappa shape index (κ1) is 30.6. The molecule has 224 valence electrons. The molecule has 1 heterocycles. The van der Waals surface area contributed by atoms with E-state index in [-0.39, 0.29) is 22.3 Å². The van der Waals surface area contributed by atoms with Crippen molar-refractivity contribution in [2.75, 3.05) is 12.4 Å². The van der Waals surface area contributed by atoms with Crippen molar-refractivity contribution in [1.82, 2.24) is 15.6 Å². The normalized spacial score (nSPS) is 14.0. The fourth-order valence-electron chi connectivity index (χ4n) is 5.31. The van der Waals surface area contributed by atoms with Crippen molar-refractivity contribution in [3.63, 3.8) is 0 Å². The van der Waals surface area contributed by atoms with Gasteiger partial charge in [-0.2, -0.15) is 0 Å². The molecule has 2 atom stereocenters. The number of ether oxygens (including phenoxy) is 1. The van der Waals surface area contributed by atoms with Crippen molar-refractivity contribution in [3.8, 4) is 11.1 Å². The minimum atomic E-state index is -1.07. The maximum atomic E-state index is 13.6. The van der Waals surface area contributed by atoms with Crippen LogP contribution < -0.4 is 10.6 Å². The van der Waals surface area contributed by atoms with Gasteiger partial charge in [0.2, 0.25) is 5.91 Å². The highest BCUT2D eigenvalue weighted by atomic mass is 33.1. The van der Waals surface area contributed by atoms with Crippen LogP contribution in [-0.2, 0) is 20.7 Å². The SMILES string of the molecule is C=C(N[C@@H](Cc1c[nH]c2ccccc12)C(=O)N[C@H](CSSC(C)(C)C)C(=O)O)OCC1c2ccccc2-c2ccccc21. The third-order valence-electron chi connectivity index (χ3n) is 7.30. The molecule has 1 aliphatic carbocycles. The lowest BCUT2D eigenvalue weighted by Gasteiger charge is -2.24. The molecule has 1 aliphatic rings. The number of aromatic amines is 1. The van der Waals surface area contributed by atoms with Gasteiger partial charge in [-0.15, -0.1) is 0 Å². The molecule has 5 rings (SSSR count). The smallest absolute Gasteiger partial charge is 0.327 e. The van der Waals surface area contributed by atoms with Crippen molar-refractivity contribution < 1.29 is 19.4 Å². The number of H-pyrrole nitrogens is 1. The first-order valence-corrected chi connectivity index (χ1v) is 16.6. The number of carboxylic acids is 1. The molecule has 43 heavy (non-hydrogen) atoms. The Hall–Kier alpha value is -3.82. The zero-order valence-electron chi connectivity index (χ0n) is 24.6. The van der Waals surface area contributed by atoms with Crippen LogP contribution in [0.5, 0.6) is 0 Å². The number of fused-ring (bicyclic) bond motifs is 4. The van der Waals surface area contributed by atoms with Gasteiger partial charge in [0.05, 0.1) is 0 Å². The van der Waals surface area contributed by atoms with Crippen molar-refractivity contribution >= 4 is 44.4 Å². The summed E-state index contributed by atoms with van der Waals surface area (Å²) in [7, 11) is 3.02. The highest BCUT2D eigenvalue weighted by molar-refractivity contribution is 8.77. The number of aromatic nitrogens is 1. The lowest BCUT2D eigenvalue weighted by molar-refractivity contribution is -0.141. The van der Waals surface area contributed by atoms with Gasteiger partial charge in [-0.3, -0.25) is 4.79 Å². The average Bonchev–Trinajstić information content (AvgIpc) is 3.53. The maximum absolute atomic E-state index is 13.6. The van der Waals surface area contributed by atoms with Gasteiger partial charge >= 0.3 is 5.97 Å². The van der Waals surface area contributed by atoms with E-state index >= 15 is 0 Å². The van der Waals surface area contributed by atoms with Crippen molar-refractivity contribution in [1.29, 1.82) is 0 Å². The van der Waals surface area contributed by atoms with Gasteiger partial charge in [-0.1, -0.05) is 109 Å². The average molecular weight is 616 g/mol. The van der Waals surface area contributed by atoms with E-state index in [9.17, 15) is 14.7 Å². The maximum Gasteiger partial charge on any atom is 0.327 e. The number of carbonyl (C=O) groups is 2. The summed E-state index contributed by atoms with van der Waals surface area (Å²) in [6, 6.07) is 22.7. The van der Waals surface area contributed by atoms with E-state index in [2.05, 4.69) is 67.2 Å². The molecular formula is C34H37N3O4S2. The Bertz CT molecular complexity index is 1580. The van der Waals surface area contributed by atoms with E-state index in [4.69, 9.17) is 4.74 Å². The number of nitrogens with one attached hydrogen (secondary N) is 3. The minimum absolute atomic E-state index is 0.0283. The van der Waals surface area contributed by atoms with Gasteiger partial charge in [0, 0.05) is 39.9 Å². The van der Waals surface area contributed by atoms with Crippen LogP contribution in [0, 0.1) is 0 Å². The molecule has 0 radical (unpaired) electrons. The minimum Gasteiger partial charge on any atom is -0.480 e. The van der Waals surface area contributed by atoms with E-state index in [0.717, 1.165) is 16.5 Å². The predicted molar refractivity (Wildman–Crippen MR) is 177 cm³/mol. The van der Waals surface area contributed by atoms with Gasteiger partial charge < -0.3 is 25.5 Å². The van der Waals surface area contributed by atoms with Crippen LogP contribution in [0.1, 0.15) is 43.4 Å². The predicted octanol–water partition coefficient (Wildman–Crippen LogP) is 6.72. The fourth-order valence-corrected chi connectivity index (χ4v) is 7.77. The zero-order valence-corrected chi connectivity index (χ0v) is 26.2. The largest absolute Gasteiger partial charge is 0.480 e. The van der Waals surface area contributed by atoms with Crippen LogP contribution >= 0.6 is 21.6 Å². The molecule has 0 unspecified atom stereocenters. The number of benzene rings is 3. The van der Waals surface area contributed by atoms with Crippen LogP contribution in [0.3, 0.4) is 0 Å². The van der Waals surface area contributed by atoms with E-state index in [1.165, 1.54) is 33.0 Å². The number of carboxylic acid groups (broad SMARTS) is 1. The van der Waals surface area contributed by atoms with Crippen LogP contribution in [0.25, 0.3) is 22.0 Å². The molecule has 1 amide bonds. The topological polar surface area (TPSA) is 103 Å². The van der Waals surface area contributed by atoms with Crippen LogP contribution in [0.2, 0.25) is 0 Å². The van der Waals surface area contributed by atoms with Gasteiger partial charge in [-0.25, -0.2) is 4.79 Å². The molecule has 0 fully saturated rings. The van der Waals surface area contributed by atoms with Crippen LogP contribution in [0.4, 0.5) is 0 Å². The number of amides is 1. The molecule has 0 saturated carbocycles. The summed E-state index contributed by atoms with van der Waals surface area (Å²) in [5.41, 5.74) is 6.68. The Morgan fingerprint density at radius 2 is 1.58 bits per heavy atom. The molecule has 0 bridgehead atoms. The molecule has 0 aliphatic heterocycles. The lowest BCUT2D eigenvalue weighted by Crippen LogP contribution is -2.51. The van der Waals surface area contributed by atoms with Crippen molar-refractivity contribution in [3.05, 3.63) is 108 Å². The fraction of sp³-hybridized carbons (Fsp3) is 0.294. The Labute approximate surface area is 260 Å². The van der Waals surface area contributed by atoms with Gasteiger partial charge in [0.1, 0.15) is 18.7 Å². The molecule has 9 heteroatoms. The quantitative estimate of drug-likeness (QED) is 0.0978. The van der Waals surface area contributed by atoms with E-state index < -0.39 is 24.0 Å². The first-order chi connectivity index (χ1) is 20.6. The number of hydrogen-bond donors (Lipinski definition) is 4. The van der Waals surface area contributed by atoms with Gasteiger partial charge in [0.15, 0.2) is 5.88 Å². The summed E-state index contributed by atoms with van der Waals surface area (Å²) in [6.07, 6.45) is 2.19. The molecule has 1 aromatic heterocycles. The molecule has 0 saturated heterocycles. The summed E-state index contributed by atoms with van der Waals surface area (Å²) < 4.78 is 6.13. The van der Waals surface area contributed by atoms with E-state index in [1.54, 1.807) is 10.8 Å². The molecule has 4 aromatic rings. The molecule has 0 spiro atoms. The zero-order chi connectivity index (χ0) is 30.6. The van der Waals surface area contributed by atoms with Crippen LogP contribution in [-0.4, -0.2) is 51.2 Å². The Kier molecular flexibility index (Phi) is 9.42. The monoisotopic (exact) mass is 615 g/mol. The second kappa shape index (κ2) is 13.2. The molecule has 4 N–H and O–H groups in total. The molecule has 7 nitrogen and oxygen atoms in total. The van der Waals surface area contributed by atoms with E-state index in [0.29, 0.717) is 13.0 Å². The summed E-state index contributed by atoms with van der Waals surface area (Å²) >= 11 is 0. The van der Waals surface area contributed by atoms with Gasteiger partial charge in [-0.05, 0) is 40.5 Å². The third-order valence-corrected chi connectivity index (χ3v) is 10.6. The standard InChI is InChI=1S/C34H37N3O4S2/c1-21(41-19-28-26-14-7-5-12-24(26)25-13-6-8-15-27(25)28)36-30(17-22-18-35-29-16-10-9-11-23(22)29)32(38)37-31(33(39)40)20-42-43-34(2,3)4/h5-16,18,28,30-31,35-36H,1,17,19-20H2,2-4H3,(H,37,38)(H,39,40)/t30-,31+/m0/s1. The number of hydrogen-bond acceptors (Lipinski definition) is 6. The molecule has 3 aromatic carbocycles. The highest BCUT2D eigenvalue weighted by Crippen LogP contribution is 2.44. The summed E-state index contributed by atoms with van der Waals surface area (Å²) in [4.78, 5) is 29.0. The Morgan fingerprint density at radius 3 is 2.23 bits per heavy atom. The number of rotatable bonds is 13. The van der Waals surface area contributed by atoms with Gasteiger partial charge in [0.25, 0.3) is 0 Å². The number of carbonyl (C=O) groups excluding carboxylic acids is 1. The number of aliphatic carboxylic acids is 1. The van der Waals surface area contributed by atoms with E-state index in [1.807, 2.05) is 54.7 Å². The number of para-hydroxylation sites is 1. The first-order valence-electron chi connectivity index (χ1n) is 14.3. The Morgan fingerprint density at radius 1 is 0.953 bits per heavy atom. The Balaban J connectivity index is 1.31. The third kappa shape index (κ3) is 7.40. The van der Waals surface area contributed by atoms with Crippen molar-refractivity contribution in [2.24, 2.45) is 0 Å². The summed E-state index contributed by atoms with van der Waals surface area (Å²) in [5, 5.41) is 16.8. The second-order valence-corrected chi connectivity index (χ2v) is 14.8. The van der Waals surface area contributed by atoms with Crippen molar-refractivity contribution in [2.45, 2.75) is 49.9 Å². The second-order valence-electron chi connectivity index (χ2n) is 11.6. The lowest BCUT2D eigenvalue weighted by atomic mass is 9.98. The van der Waals surface area contributed by atoms with Crippen LogP contribution in [0.15, 0.2) is 91.5 Å².